The lowest BCUT2D eigenvalue weighted by atomic mass is 10.2. The highest BCUT2D eigenvalue weighted by atomic mass is 16.7. The molecule has 7 nitrogen and oxygen atoms in total. The van der Waals surface area contributed by atoms with Crippen molar-refractivity contribution in [3.63, 3.8) is 0 Å². The summed E-state index contributed by atoms with van der Waals surface area (Å²) in [4.78, 5) is 22.9. The molecular formula is C17H20N4O3. The minimum absolute atomic E-state index is 0.200. The summed E-state index contributed by atoms with van der Waals surface area (Å²) in [5.74, 6) is 1.55. The van der Waals surface area contributed by atoms with E-state index in [1.165, 1.54) is 0 Å². The van der Waals surface area contributed by atoms with Crippen molar-refractivity contribution in [3.8, 4) is 11.5 Å². The van der Waals surface area contributed by atoms with E-state index in [0.717, 1.165) is 19.4 Å². The molecule has 1 aliphatic rings. The van der Waals surface area contributed by atoms with E-state index < -0.39 is 0 Å². The fourth-order valence-electron chi connectivity index (χ4n) is 2.32. The lowest BCUT2D eigenvalue weighted by molar-refractivity contribution is 0.102. The fourth-order valence-corrected chi connectivity index (χ4v) is 2.32. The van der Waals surface area contributed by atoms with Gasteiger partial charge in [0, 0.05) is 31.5 Å². The zero-order valence-corrected chi connectivity index (χ0v) is 13.8. The lowest BCUT2D eigenvalue weighted by Gasteiger charge is -2.16. The van der Waals surface area contributed by atoms with Crippen molar-refractivity contribution in [1.82, 2.24) is 9.97 Å². The third kappa shape index (κ3) is 3.56. The van der Waals surface area contributed by atoms with Crippen molar-refractivity contribution >= 4 is 17.5 Å². The molecule has 2 heterocycles. The Bertz CT molecular complexity index is 736. The number of aromatic nitrogens is 2. The van der Waals surface area contributed by atoms with Gasteiger partial charge in [0.15, 0.2) is 11.5 Å². The largest absolute Gasteiger partial charge is 0.454 e. The number of amides is 1. The van der Waals surface area contributed by atoms with Crippen LogP contribution in [0.5, 0.6) is 11.5 Å². The number of nitrogens with one attached hydrogen (secondary N) is 1. The maximum absolute atomic E-state index is 12.4. The van der Waals surface area contributed by atoms with Crippen LogP contribution in [0.15, 0.2) is 30.5 Å². The Morgan fingerprint density at radius 2 is 2.12 bits per heavy atom. The first-order valence-corrected chi connectivity index (χ1v) is 7.92. The van der Waals surface area contributed by atoms with Gasteiger partial charge in [-0.2, -0.15) is 0 Å². The van der Waals surface area contributed by atoms with Gasteiger partial charge in [-0.1, -0.05) is 13.3 Å². The monoisotopic (exact) mass is 328 g/mol. The second-order valence-electron chi connectivity index (χ2n) is 5.54. The maximum atomic E-state index is 12.4. The van der Waals surface area contributed by atoms with Gasteiger partial charge in [-0.25, -0.2) is 9.97 Å². The van der Waals surface area contributed by atoms with Crippen LogP contribution >= 0.6 is 0 Å². The summed E-state index contributed by atoms with van der Waals surface area (Å²) < 4.78 is 10.6. The van der Waals surface area contributed by atoms with Gasteiger partial charge in [0.05, 0.1) is 0 Å². The fraction of sp³-hybridized carbons (Fsp3) is 0.353. The van der Waals surface area contributed by atoms with Crippen molar-refractivity contribution in [2.45, 2.75) is 19.8 Å². The molecule has 1 aromatic carbocycles. The molecule has 0 fully saturated rings. The minimum atomic E-state index is -0.290. The van der Waals surface area contributed by atoms with Crippen molar-refractivity contribution in [3.05, 3.63) is 36.2 Å². The van der Waals surface area contributed by atoms with Gasteiger partial charge >= 0.3 is 0 Å². The van der Waals surface area contributed by atoms with Crippen LogP contribution in [0.2, 0.25) is 0 Å². The van der Waals surface area contributed by atoms with Gasteiger partial charge in [-0.15, -0.1) is 0 Å². The first kappa shape index (κ1) is 16.0. The molecule has 0 atom stereocenters. The number of fused-ring (bicyclic) bond motifs is 1. The first-order chi connectivity index (χ1) is 11.7. The Kier molecular flexibility index (Phi) is 4.79. The van der Waals surface area contributed by atoms with E-state index in [1.54, 1.807) is 30.5 Å². The molecule has 0 aliphatic carbocycles. The molecule has 0 radical (unpaired) electrons. The summed E-state index contributed by atoms with van der Waals surface area (Å²) in [6.45, 7) is 3.18. The highest BCUT2D eigenvalue weighted by Gasteiger charge is 2.16. The number of hydrogen-bond acceptors (Lipinski definition) is 6. The van der Waals surface area contributed by atoms with Crippen LogP contribution in [0.25, 0.3) is 0 Å². The second kappa shape index (κ2) is 7.16. The molecule has 1 N–H and O–H groups in total. The summed E-state index contributed by atoms with van der Waals surface area (Å²) in [5, 5.41) is 2.81. The van der Waals surface area contributed by atoms with Crippen LogP contribution in [0, 0.1) is 0 Å². The average molecular weight is 328 g/mol. The van der Waals surface area contributed by atoms with Gasteiger partial charge in [-0.05, 0) is 24.6 Å². The molecule has 126 valence electrons. The number of benzene rings is 1. The summed E-state index contributed by atoms with van der Waals surface area (Å²) in [5.41, 5.74) is 0.949. The number of rotatable bonds is 6. The molecule has 2 aromatic rings. The zero-order chi connectivity index (χ0) is 16.9. The Hall–Kier alpha value is -2.83. The molecule has 0 unspecified atom stereocenters. The smallest absolute Gasteiger partial charge is 0.274 e. The van der Waals surface area contributed by atoms with E-state index in [1.807, 2.05) is 11.9 Å². The van der Waals surface area contributed by atoms with Crippen LogP contribution in [0.3, 0.4) is 0 Å². The number of anilines is 2. The molecule has 3 rings (SSSR count). The van der Waals surface area contributed by atoms with Gasteiger partial charge in [0.25, 0.3) is 5.91 Å². The van der Waals surface area contributed by atoms with Gasteiger partial charge in [0.2, 0.25) is 12.7 Å². The number of hydrogen-bond donors (Lipinski definition) is 1. The molecular weight excluding hydrogens is 308 g/mol. The van der Waals surface area contributed by atoms with E-state index >= 15 is 0 Å². The molecule has 0 saturated carbocycles. The predicted octanol–water partition coefficient (Wildman–Crippen LogP) is 2.69. The Morgan fingerprint density at radius 1 is 1.29 bits per heavy atom. The molecule has 7 heteroatoms. The average Bonchev–Trinajstić information content (AvgIpc) is 3.07. The van der Waals surface area contributed by atoms with Crippen molar-refractivity contribution in [2.24, 2.45) is 0 Å². The van der Waals surface area contributed by atoms with Crippen LogP contribution in [-0.2, 0) is 0 Å². The molecule has 0 bridgehead atoms. The van der Waals surface area contributed by atoms with E-state index in [-0.39, 0.29) is 12.7 Å². The van der Waals surface area contributed by atoms with Gasteiger partial charge in [0.1, 0.15) is 5.69 Å². The van der Waals surface area contributed by atoms with Gasteiger partial charge < -0.3 is 19.7 Å². The molecule has 0 spiro atoms. The number of ether oxygens (including phenoxy) is 2. The summed E-state index contributed by atoms with van der Waals surface area (Å²) >= 11 is 0. The van der Waals surface area contributed by atoms with E-state index in [0.29, 0.717) is 28.8 Å². The molecule has 0 saturated heterocycles. The van der Waals surface area contributed by atoms with Crippen LogP contribution in [0.1, 0.15) is 30.3 Å². The Balaban J connectivity index is 1.71. The lowest BCUT2D eigenvalue weighted by Crippen LogP contribution is -2.22. The molecule has 1 aromatic heterocycles. The van der Waals surface area contributed by atoms with Crippen molar-refractivity contribution in [2.75, 3.05) is 30.6 Å². The third-order valence-corrected chi connectivity index (χ3v) is 3.69. The SMILES string of the molecule is CCCCN(C)c1nccc(C(=O)Nc2ccc3c(c2)OCO3)n1. The zero-order valence-electron chi connectivity index (χ0n) is 13.8. The number of carbonyl (C=O) groups is 1. The molecule has 1 aliphatic heterocycles. The van der Waals surface area contributed by atoms with Crippen LogP contribution < -0.4 is 19.7 Å². The third-order valence-electron chi connectivity index (χ3n) is 3.69. The number of carbonyl (C=O) groups excluding carboxylic acids is 1. The number of unbranched alkanes of at least 4 members (excludes halogenated alkanes) is 1. The topological polar surface area (TPSA) is 76.6 Å². The predicted molar refractivity (Wildman–Crippen MR) is 90.7 cm³/mol. The highest BCUT2D eigenvalue weighted by Crippen LogP contribution is 2.34. The summed E-state index contributed by atoms with van der Waals surface area (Å²) in [6, 6.07) is 6.86. The quantitative estimate of drug-likeness (QED) is 0.878. The van der Waals surface area contributed by atoms with E-state index in [2.05, 4.69) is 22.2 Å². The highest BCUT2D eigenvalue weighted by molar-refractivity contribution is 6.03. The van der Waals surface area contributed by atoms with Crippen LogP contribution in [0.4, 0.5) is 11.6 Å². The summed E-state index contributed by atoms with van der Waals surface area (Å²) in [7, 11) is 1.92. The van der Waals surface area contributed by atoms with Crippen LogP contribution in [-0.4, -0.2) is 36.3 Å². The van der Waals surface area contributed by atoms with E-state index in [4.69, 9.17) is 9.47 Å². The van der Waals surface area contributed by atoms with Gasteiger partial charge in [-0.3, -0.25) is 4.79 Å². The van der Waals surface area contributed by atoms with Crippen molar-refractivity contribution in [1.29, 1.82) is 0 Å². The summed E-state index contributed by atoms with van der Waals surface area (Å²) in [6.07, 6.45) is 3.74. The van der Waals surface area contributed by atoms with E-state index in [9.17, 15) is 4.79 Å². The molecule has 24 heavy (non-hydrogen) atoms. The number of nitrogens with zero attached hydrogens (tertiary/aromatic N) is 3. The second-order valence-corrected chi connectivity index (χ2v) is 5.54. The maximum Gasteiger partial charge on any atom is 0.274 e. The first-order valence-electron chi connectivity index (χ1n) is 7.92. The standard InChI is InChI=1S/C17H20N4O3/c1-3-4-9-21(2)17-18-8-7-13(20-17)16(22)19-12-5-6-14-15(10-12)24-11-23-14/h5-8,10H,3-4,9,11H2,1-2H3,(H,19,22). The Morgan fingerprint density at radius 3 is 2.96 bits per heavy atom. The minimum Gasteiger partial charge on any atom is -0.454 e. The normalized spacial score (nSPS) is 12.1. The Labute approximate surface area is 140 Å². The van der Waals surface area contributed by atoms with Crippen molar-refractivity contribution < 1.29 is 14.3 Å². The molecule has 1 amide bonds.